The highest BCUT2D eigenvalue weighted by molar-refractivity contribution is 9.10. The lowest BCUT2D eigenvalue weighted by molar-refractivity contribution is -0.121. The molecular formula is C12H18BrN3O2. The fourth-order valence-electron chi connectivity index (χ4n) is 1.38. The lowest BCUT2D eigenvalue weighted by Gasteiger charge is -2.11. The van der Waals surface area contributed by atoms with Gasteiger partial charge in [0.2, 0.25) is 5.91 Å². The molecule has 5 nitrogen and oxygen atoms in total. The quantitative estimate of drug-likeness (QED) is 0.878. The summed E-state index contributed by atoms with van der Waals surface area (Å²) in [5.41, 5.74) is 6.70. The molecule has 1 heterocycles. The van der Waals surface area contributed by atoms with E-state index < -0.39 is 0 Å². The van der Waals surface area contributed by atoms with Crippen molar-refractivity contribution in [2.45, 2.75) is 27.3 Å². The third-order valence-corrected chi connectivity index (χ3v) is 3.46. The molecule has 1 aromatic heterocycles. The number of pyridine rings is 1. The van der Waals surface area contributed by atoms with Crippen LogP contribution in [-0.2, 0) is 11.3 Å². The van der Waals surface area contributed by atoms with E-state index in [2.05, 4.69) is 21.2 Å². The van der Waals surface area contributed by atoms with E-state index in [4.69, 9.17) is 5.73 Å². The summed E-state index contributed by atoms with van der Waals surface area (Å²) in [6, 6.07) is 0. The summed E-state index contributed by atoms with van der Waals surface area (Å²) in [5, 5.41) is 2.76. The molecule has 1 rings (SSSR count). The summed E-state index contributed by atoms with van der Waals surface area (Å²) in [7, 11) is 0. The van der Waals surface area contributed by atoms with Crippen LogP contribution in [0, 0.1) is 12.8 Å². The number of hydrogen-bond acceptors (Lipinski definition) is 3. The molecular weight excluding hydrogens is 298 g/mol. The van der Waals surface area contributed by atoms with Gasteiger partial charge in [0.1, 0.15) is 6.54 Å². The highest BCUT2D eigenvalue weighted by Crippen LogP contribution is 2.16. The van der Waals surface area contributed by atoms with Crippen molar-refractivity contribution >= 4 is 27.5 Å². The van der Waals surface area contributed by atoms with Crippen LogP contribution in [0.3, 0.4) is 0 Å². The Morgan fingerprint density at radius 1 is 1.56 bits per heavy atom. The summed E-state index contributed by atoms with van der Waals surface area (Å²) < 4.78 is 1.71. The molecule has 0 saturated carbocycles. The molecule has 1 aromatic rings. The fourth-order valence-corrected chi connectivity index (χ4v) is 1.84. The minimum atomic E-state index is -0.249. The van der Waals surface area contributed by atoms with Gasteiger partial charge in [-0.1, -0.05) is 13.8 Å². The van der Waals surface area contributed by atoms with E-state index in [1.165, 1.54) is 10.8 Å². The molecule has 3 N–H and O–H groups in total. The first-order chi connectivity index (χ1) is 8.32. The van der Waals surface area contributed by atoms with Crippen LogP contribution in [0.15, 0.2) is 15.5 Å². The monoisotopic (exact) mass is 315 g/mol. The smallest absolute Gasteiger partial charge is 0.265 e. The van der Waals surface area contributed by atoms with Gasteiger partial charge in [0.25, 0.3) is 5.56 Å². The number of rotatable bonds is 4. The molecule has 0 aliphatic rings. The molecule has 100 valence electrons. The Morgan fingerprint density at radius 3 is 2.72 bits per heavy atom. The number of nitrogen functional groups attached to an aromatic ring is 1. The average Bonchev–Trinajstić information content (AvgIpc) is 2.30. The van der Waals surface area contributed by atoms with E-state index in [0.717, 1.165) is 0 Å². The molecule has 0 saturated heterocycles. The van der Waals surface area contributed by atoms with E-state index in [0.29, 0.717) is 28.2 Å². The molecule has 0 aliphatic heterocycles. The molecule has 0 aromatic carbocycles. The van der Waals surface area contributed by atoms with Crippen molar-refractivity contribution in [3.8, 4) is 0 Å². The number of carbonyl (C=O) groups is 1. The molecule has 0 fully saturated rings. The lowest BCUT2D eigenvalue weighted by Crippen LogP contribution is -2.34. The van der Waals surface area contributed by atoms with Gasteiger partial charge in [-0.2, -0.15) is 0 Å². The maximum Gasteiger partial charge on any atom is 0.265 e. The third-order valence-electron chi connectivity index (χ3n) is 2.53. The standard InChI is InChI=1S/C12H18BrN3O2/c1-7(2)4-15-10(17)6-16-5-9(14)8(3)11(13)12(16)18/h5,7H,4,6,14H2,1-3H3,(H,15,17). The van der Waals surface area contributed by atoms with Gasteiger partial charge in [-0.15, -0.1) is 0 Å². The van der Waals surface area contributed by atoms with Gasteiger partial charge in [-0.3, -0.25) is 9.59 Å². The van der Waals surface area contributed by atoms with Crippen LogP contribution in [0.2, 0.25) is 0 Å². The summed E-state index contributed by atoms with van der Waals surface area (Å²) in [5.74, 6) is 0.182. The number of halogens is 1. The second-order valence-electron chi connectivity index (χ2n) is 4.65. The number of nitrogens with one attached hydrogen (secondary N) is 1. The van der Waals surface area contributed by atoms with Gasteiger partial charge in [0.15, 0.2) is 0 Å². The number of amides is 1. The largest absolute Gasteiger partial charge is 0.397 e. The SMILES string of the molecule is Cc1c(N)cn(CC(=O)NCC(C)C)c(=O)c1Br. The van der Waals surface area contributed by atoms with Crippen molar-refractivity contribution in [2.75, 3.05) is 12.3 Å². The normalized spacial score (nSPS) is 10.7. The number of nitrogens with zero attached hydrogens (tertiary/aromatic N) is 1. The molecule has 0 atom stereocenters. The highest BCUT2D eigenvalue weighted by Gasteiger charge is 2.11. The number of anilines is 1. The number of carbonyl (C=O) groups excluding carboxylic acids is 1. The minimum Gasteiger partial charge on any atom is -0.397 e. The molecule has 0 bridgehead atoms. The number of hydrogen-bond donors (Lipinski definition) is 2. The lowest BCUT2D eigenvalue weighted by atomic mass is 10.2. The average molecular weight is 316 g/mol. The molecule has 18 heavy (non-hydrogen) atoms. The summed E-state index contributed by atoms with van der Waals surface area (Å²) in [6.07, 6.45) is 1.50. The van der Waals surface area contributed by atoms with Crippen LogP contribution in [0.25, 0.3) is 0 Å². The first-order valence-electron chi connectivity index (χ1n) is 5.74. The molecule has 1 amide bonds. The second kappa shape index (κ2) is 6.04. The van der Waals surface area contributed by atoms with Crippen molar-refractivity contribution in [1.29, 1.82) is 0 Å². The fraction of sp³-hybridized carbons (Fsp3) is 0.500. The topological polar surface area (TPSA) is 77.1 Å². The predicted molar refractivity (Wildman–Crippen MR) is 75.4 cm³/mol. The van der Waals surface area contributed by atoms with Crippen molar-refractivity contribution in [2.24, 2.45) is 5.92 Å². The van der Waals surface area contributed by atoms with Crippen LogP contribution in [0.5, 0.6) is 0 Å². The van der Waals surface area contributed by atoms with E-state index in [1.807, 2.05) is 13.8 Å². The number of nitrogens with two attached hydrogens (primary N) is 1. The van der Waals surface area contributed by atoms with Gasteiger partial charge in [0, 0.05) is 12.7 Å². The van der Waals surface area contributed by atoms with E-state index in [9.17, 15) is 9.59 Å². The van der Waals surface area contributed by atoms with Crippen LogP contribution >= 0.6 is 15.9 Å². The Balaban J connectivity index is 2.86. The van der Waals surface area contributed by atoms with Crippen molar-refractivity contribution in [1.82, 2.24) is 9.88 Å². The van der Waals surface area contributed by atoms with E-state index in [-0.39, 0.29) is 18.0 Å². The molecule has 0 radical (unpaired) electrons. The Hall–Kier alpha value is -1.30. The van der Waals surface area contributed by atoms with Crippen LogP contribution < -0.4 is 16.6 Å². The van der Waals surface area contributed by atoms with Crippen molar-refractivity contribution in [3.63, 3.8) is 0 Å². The maximum absolute atomic E-state index is 11.9. The van der Waals surface area contributed by atoms with Gasteiger partial charge in [-0.25, -0.2) is 0 Å². The zero-order chi connectivity index (χ0) is 13.9. The molecule has 6 heteroatoms. The Kier molecular flexibility index (Phi) is 4.95. The predicted octanol–water partition coefficient (Wildman–Crippen LogP) is 1.27. The summed E-state index contributed by atoms with van der Waals surface area (Å²) in [4.78, 5) is 23.5. The zero-order valence-corrected chi connectivity index (χ0v) is 12.4. The maximum atomic E-state index is 11.9. The Morgan fingerprint density at radius 2 is 2.17 bits per heavy atom. The van der Waals surface area contributed by atoms with Gasteiger partial charge >= 0.3 is 0 Å². The summed E-state index contributed by atoms with van der Waals surface area (Å²) in [6.45, 7) is 6.34. The van der Waals surface area contributed by atoms with E-state index in [1.54, 1.807) is 6.92 Å². The highest BCUT2D eigenvalue weighted by atomic mass is 79.9. The minimum absolute atomic E-state index is 0.0192. The van der Waals surface area contributed by atoms with Crippen LogP contribution in [0.1, 0.15) is 19.4 Å². The van der Waals surface area contributed by atoms with Crippen molar-refractivity contribution < 1.29 is 4.79 Å². The third kappa shape index (κ3) is 3.60. The molecule has 0 aliphatic carbocycles. The van der Waals surface area contributed by atoms with Crippen LogP contribution in [0.4, 0.5) is 5.69 Å². The van der Waals surface area contributed by atoms with Gasteiger partial charge < -0.3 is 15.6 Å². The van der Waals surface area contributed by atoms with E-state index >= 15 is 0 Å². The van der Waals surface area contributed by atoms with Gasteiger partial charge in [-0.05, 0) is 34.3 Å². The van der Waals surface area contributed by atoms with Gasteiger partial charge in [0.05, 0.1) is 10.2 Å². The van der Waals surface area contributed by atoms with Crippen LogP contribution in [-0.4, -0.2) is 17.0 Å². The van der Waals surface area contributed by atoms with Crippen molar-refractivity contribution in [3.05, 3.63) is 26.6 Å². The Labute approximate surface area is 114 Å². The first-order valence-corrected chi connectivity index (χ1v) is 6.54. The molecule has 0 spiro atoms. The Bertz CT molecular complexity index is 509. The molecule has 0 unspecified atom stereocenters. The first kappa shape index (κ1) is 14.8. The zero-order valence-electron chi connectivity index (χ0n) is 10.8. The number of aromatic nitrogens is 1. The summed E-state index contributed by atoms with van der Waals surface area (Å²) >= 11 is 3.19. The second-order valence-corrected chi connectivity index (χ2v) is 5.45.